The summed E-state index contributed by atoms with van der Waals surface area (Å²) in [6.45, 7) is 1.63. The summed E-state index contributed by atoms with van der Waals surface area (Å²) in [6.07, 6.45) is 1.43. The van der Waals surface area contributed by atoms with E-state index in [1.165, 1.54) is 10.9 Å². The number of carbonyl (C=O) groups excluding carboxylic acids is 1. The average Bonchev–Trinajstić information content (AvgIpc) is 2.73. The van der Waals surface area contributed by atoms with Gasteiger partial charge in [0.2, 0.25) is 0 Å². The number of aromatic hydroxyl groups is 2. The molecule has 0 aliphatic carbocycles. The third kappa shape index (κ3) is 5.26. The van der Waals surface area contributed by atoms with Crippen LogP contribution >= 0.6 is 0 Å². The fraction of sp³-hybridized carbons (Fsp3) is 0.160. The van der Waals surface area contributed by atoms with Gasteiger partial charge in [-0.2, -0.15) is 0 Å². The van der Waals surface area contributed by atoms with Crippen LogP contribution in [0.3, 0.4) is 0 Å². The standard InChI is InChI=1S/C15H16O2.C10H8O2/c1-11(16)3-4-12-5-6-14-10-15(17-2)8-7-13(14)9-12;11-9-5-7-3-1-2-4-8(7)6-10(9)12/h5-10H,3-4H2,1-2H3;1-6,11-12H. The fourth-order valence-corrected chi connectivity index (χ4v) is 3.09. The number of fused-ring (bicyclic) bond motifs is 2. The number of hydrogen-bond donors (Lipinski definition) is 2. The summed E-state index contributed by atoms with van der Waals surface area (Å²) in [5.74, 6) is 0.955. The van der Waals surface area contributed by atoms with E-state index < -0.39 is 0 Å². The molecule has 0 radical (unpaired) electrons. The van der Waals surface area contributed by atoms with Crippen molar-refractivity contribution < 1.29 is 19.7 Å². The van der Waals surface area contributed by atoms with E-state index in [0.717, 1.165) is 28.3 Å². The summed E-state index contributed by atoms with van der Waals surface area (Å²) in [4.78, 5) is 10.9. The molecule has 4 nitrogen and oxygen atoms in total. The number of carbonyl (C=O) groups is 1. The molecule has 0 unspecified atom stereocenters. The predicted molar refractivity (Wildman–Crippen MR) is 117 cm³/mol. The average molecular weight is 388 g/mol. The smallest absolute Gasteiger partial charge is 0.158 e. The number of rotatable bonds is 4. The van der Waals surface area contributed by atoms with Gasteiger partial charge >= 0.3 is 0 Å². The van der Waals surface area contributed by atoms with Gasteiger partial charge in [-0.3, -0.25) is 0 Å². The Morgan fingerprint density at radius 3 is 1.93 bits per heavy atom. The number of Topliss-reactive ketones (excluding diaryl/α,β-unsaturated/α-hetero) is 1. The number of ether oxygens (including phenoxy) is 1. The Bertz CT molecular complexity index is 1110. The predicted octanol–water partition coefficient (Wildman–Crippen LogP) is 5.62. The maximum Gasteiger partial charge on any atom is 0.158 e. The molecule has 0 fully saturated rings. The van der Waals surface area contributed by atoms with Gasteiger partial charge in [0.15, 0.2) is 11.5 Å². The quantitative estimate of drug-likeness (QED) is 0.445. The monoisotopic (exact) mass is 388 g/mol. The Morgan fingerprint density at radius 1 is 0.793 bits per heavy atom. The first-order valence-corrected chi connectivity index (χ1v) is 9.43. The maximum atomic E-state index is 10.9. The molecule has 0 amide bonds. The number of ketones is 1. The molecule has 0 spiro atoms. The van der Waals surface area contributed by atoms with Crippen LogP contribution in [0.5, 0.6) is 17.2 Å². The molecule has 0 atom stereocenters. The molecule has 4 heteroatoms. The number of hydrogen-bond acceptors (Lipinski definition) is 4. The Hall–Kier alpha value is -3.53. The van der Waals surface area contributed by atoms with E-state index in [2.05, 4.69) is 18.2 Å². The fourth-order valence-electron chi connectivity index (χ4n) is 3.09. The number of aryl methyl sites for hydroxylation is 1. The molecule has 4 rings (SSSR count). The minimum absolute atomic E-state index is 0.0753. The highest BCUT2D eigenvalue weighted by Crippen LogP contribution is 2.29. The highest BCUT2D eigenvalue weighted by Gasteiger charge is 2.01. The van der Waals surface area contributed by atoms with Crippen LogP contribution in [0.25, 0.3) is 21.5 Å². The van der Waals surface area contributed by atoms with E-state index in [1.54, 1.807) is 26.2 Å². The highest BCUT2D eigenvalue weighted by atomic mass is 16.5. The lowest BCUT2D eigenvalue weighted by molar-refractivity contribution is -0.116. The van der Waals surface area contributed by atoms with Gasteiger partial charge in [-0.05, 0) is 64.7 Å². The van der Waals surface area contributed by atoms with Crippen molar-refractivity contribution in [3.8, 4) is 17.2 Å². The molecule has 4 aromatic carbocycles. The Balaban J connectivity index is 0.000000176. The summed E-state index contributed by atoms with van der Waals surface area (Å²) >= 11 is 0. The van der Waals surface area contributed by atoms with Crippen molar-refractivity contribution in [3.63, 3.8) is 0 Å². The molecule has 4 aromatic rings. The number of benzene rings is 4. The molecule has 0 aromatic heterocycles. The maximum absolute atomic E-state index is 10.9. The van der Waals surface area contributed by atoms with Crippen LogP contribution in [-0.2, 0) is 11.2 Å². The van der Waals surface area contributed by atoms with Crippen molar-refractivity contribution in [3.05, 3.63) is 78.4 Å². The molecule has 0 saturated carbocycles. The van der Waals surface area contributed by atoms with Gasteiger partial charge < -0.3 is 19.7 Å². The minimum atomic E-state index is -0.0753. The molecule has 0 aliphatic heterocycles. The van der Waals surface area contributed by atoms with Crippen molar-refractivity contribution in [2.75, 3.05) is 7.11 Å². The first kappa shape index (κ1) is 20.2. The van der Waals surface area contributed by atoms with Crippen molar-refractivity contribution in [1.82, 2.24) is 0 Å². The molecular formula is C25H24O4. The Morgan fingerprint density at radius 2 is 1.34 bits per heavy atom. The van der Waals surface area contributed by atoms with Crippen LogP contribution in [0.15, 0.2) is 72.8 Å². The molecule has 0 saturated heterocycles. The van der Waals surface area contributed by atoms with Crippen molar-refractivity contribution in [2.24, 2.45) is 0 Å². The van der Waals surface area contributed by atoms with Crippen LogP contribution in [0.4, 0.5) is 0 Å². The summed E-state index contributed by atoms with van der Waals surface area (Å²) in [5.41, 5.74) is 1.21. The molecule has 148 valence electrons. The van der Waals surface area contributed by atoms with Gasteiger partial charge in [0, 0.05) is 6.42 Å². The topological polar surface area (TPSA) is 66.8 Å². The van der Waals surface area contributed by atoms with E-state index >= 15 is 0 Å². The lowest BCUT2D eigenvalue weighted by atomic mass is 10.0. The zero-order chi connectivity index (χ0) is 20.8. The largest absolute Gasteiger partial charge is 0.504 e. The first-order chi connectivity index (χ1) is 14.0. The Labute approximate surface area is 170 Å². The van der Waals surface area contributed by atoms with Gasteiger partial charge in [-0.1, -0.05) is 48.5 Å². The second-order valence-electron chi connectivity index (χ2n) is 6.94. The molecule has 29 heavy (non-hydrogen) atoms. The van der Waals surface area contributed by atoms with Crippen molar-refractivity contribution >= 4 is 27.3 Å². The lowest BCUT2D eigenvalue weighted by Crippen LogP contribution is -1.93. The highest BCUT2D eigenvalue weighted by molar-refractivity contribution is 5.86. The first-order valence-electron chi connectivity index (χ1n) is 9.43. The normalized spacial score (nSPS) is 10.4. The van der Waals surface area contributed by atoms with E-state index in [4.69, 9.17) is 14.9 Å². The summed E-state index contributed by atoms with van der Waals surface area (Å²) in [5, 5.41) is 22.5. The number of phenols is 2. The molecule has 0 bridgehead atoms. The summed E-state index contributed by atoms with van der Waals surface area (Å²) < 4.78 is 5.19. The number of methoxy groups -OCH3 is 1. The Kier molecular flexibility index (Phi) is 6.35. The van der Waals surface area contributed by atoms with Gasteiger partial charge in [0.25, 0.3) is 0 Å². The van der Waals surface area contributed by atoms with Crippen LogP contribution in [0.2, 0.25) is 0 Å². The van der Waals surface area contributed by atoms with Crippen LogP contribution in [0.1, 0.15) is 18.9 Å². The molecule has 0 aliphatic rings. The van der Waals surface area contributed by atoms with E-state index in [-0.39, 0.29) is 17.3 Å². The zero-order valence-corrected chi connectivity index (χ0v) is 16.6. The SMILES string of the molecule is COc1ccc2cc(CCC(C)=O)ccc2c1.Oc1cc2ccccc2cc1O. The molecule has 0 heterocycles. The molecular weight excluding hydrogens is 364 g/mol. The van der Waals surface area contributed by atoms with E-state index in [0.29, 0.717) is 6.42 Å². The minimum Gasteiger partial charge on any atom is -0.504 e. The van der Waals surface area contributed by atoms with Gasteiger partial charge in [0.1, 0.15) is 11.5 Å². The van der Waals surface area contributed by atoms with Gasteiger partial charge in [0.05, 0.1) is 7.11 Å². The third-order valence-electron chi connectivity index (χ3n) is 4.72. The van der Waals surface area contributed by atoms with Gasteiger partial charge in [-0.15, -0.1) is 0 Å². The van der Waals surface area contributed by atoms with Crippen LogP contribution in [-0.4, -0.2) is 23.1 Å². The third-order valence-corrected chi connectivity index (χ3v) is 4.72. The molecule has 2 N–H and O–H groups in total. The van der Waals surface area contributed by atoms with E-state index in [9.17, 15) is 4.79 Å². The zero-order valence-electron chi connectivity index (χ0n) is 16.6. The lowest BCUT2D eigenvalue weighted by Gasteiger charge is -2.05. The van der Waals surface area contributed by atoms with Crippen molar-refractivity contribution in [2.45, 2.75) is 19.8 Å². The summed E-state index contributed by atoms with van der Waals surface area (Å²) in [7, 11) is 1.67. The van der Waals surface area contributed by atoms with Gasteiger partial charge in [-0.25, -0.2) is 0 Å². The second kappa shape index (κ2) is 9.11. The van der Waals surface area contributed by atoms with Crippen molar-refractivity contribution in [1.29, 1.82) is 0 Å². The second-order valence-corrected chi connectivity index (χ2v) is 6.94. The van der Waals surface area contributed by atoms with E-state index in [1.807, 2.05) is 42.5 Å². The number of phenolic OH excluding ortho intramolecular Hbond substituents is 2. The van der Waals surface area contributed by atoms with Crippen LogP contribution in [0, 0.1) is 0 Å². The van der Waals surface area contributed by atoms with Crippen LogP contribution < -0.4 is 4.74 Å². The summed E-state index contributed by atoms with van der Waals surface area (Å²) in [6, 6.07) is 22.9.